The topological polar surface area (TPSA) is 41.3 Å². The van der Waals surface area contributed by atoms with Gasteiger partial charge in [0.15, 0.2) is 0 Å². The van der Waals surface area contributed by atoms with Gasteiger partial charge in [-0.1, -0.05) is 6.07 Å². The SMILES string of the molecule is Cc1ccc(N)cc1CN1C[C@@H](C)N[C@@H](C)C1. The maximum Gasteiger partial charge on any atom is 0.0317 e. The summed E-state index contributed by atoms with van der Waals surface area (Å²) in [5.41, 5.74) is 9.40. The van der Waals surface area contributed by atoms with Gasteiger partial charge in [-0.05, 0) is 44.0 Å². The van der Waals surface area contributed by atoms with Crippen LogP contribution >= 0.6 is 0 Å². The van der Waals surface area contributed by atoms with Crippen LogP contribution in [0.1, 0.15) is 25.0 Å². The molecule has 1 aliphatic heterocycles. The second-order valence-corrected chi connectivity index (χ2v) is 5.35. The summed E-state index contributed by atoms with van der Waals surface area (Å²) in [6, 6.07) is 7.33. The van der Waals surface area contributed by atoms with E-state index in [0.717, 1.165) is 25.3 Å². The largest absolute Gasteiger partial charge is 0.399 e. The molecule has 94 valence electrons. The van der Waals surface area contributed by atoms with Crippen molar-refractivity contribution < 1.29 is 0 Å². The summed E-state index contributed by atoms with van der Waals surface area (Å²) in [5.74, 6) is 0. The Kier molecular flexibility index (Phi) is 3.69. The van der Waals surface area contributed by atoms with Crippen LogP contribution < -0.4 is 11.1 Å². The highest BCUT2D eigenvalue weighted by atomic mass is 15.2. The lowest BCUT2D eigenvalue weighted by Crippen LogP contribution is -2.53. The molecule has 1 aromatic rings. The van der Waals surface area contributed by atoms with E-state index in [4.69, 9.17) is 5.73 Å². The predicted octanol–water partition coefficient (Wildman–Crippen LogP) is 1.76. The molecule has 0 aromatic heterocycles. The van der Waals surface area contributed by atoms with Gasteiger partial charge in [0, 0.05) is 37.4 Å². The van der Waals surface area contributed by atoms with Crippen molar-refractivity contribution in [3.63, 3.8) is 0 Å². The molecule has 0 aliphatic carbocycles. The molecular weight excluding hydrogens is 210 g/mol. The van der Waals surface area contributed by atoms with E-state index in [9.17, 15) is 0 Å². The van der Waals surface area contributed by atoms with E-state index in [0.29, 0.717) is 12.1 Å². The first-order chi connectivity index (χ1) is 8.04. The molecule has 0 radical (unpaired) electrons. The fourth-order valence-corrected chi connectivity index (χ4v) is 2.67. The molecule has 1 aliphatic rings. The third kappa shape index (κ3) is 3.20. The molecule has 1 aromatic carbocycles. The number of anilines is 1. The summed E-state index contributed by atoms with van der Waals surface area (Å²) < 4.78 is 0. The standard InChI is InChI=1S/C14H23N3/c1-10-4-5-14(15)6-13(10)9-17-7-11(2)16-12(3)8-17/h4-6,11-12,16H,7-9,15H2,1-3H3/t11-,12+. The Labute approximate surface area is 104 Å². The predicted molar refractivity (Wildman–Crippen MR) is 72.9 cm³/mol. The van der Waals surface area contributed by atoms with Crippen LogP contribution in [0.15, 0.2) is 18.2 Å². The molecule has 3 nitrogen and oxygen atoms in total. The second kappa shape index (κ2) is 5.07. The highest BCUT2D eigenvalue weighted by Crippen LogP contribution is 2.16. The van der Waals surface area contributed by atoms with Crippen molar-refractivity contribution in [2.45, 2.75) is 39.4 Å². The molecule has 0 spiro atoms. The third-order valence-electron chi connectivity index (χ3n) is 3.40. The average molecular weight is 233 g/mol. The molecule has 2 atom stereocenters. The van der Waals surface area contributed by atoms with Gasteiger partial charge >= 0.3 is 0 Å². The number of piperazine rings is 1. The molecule has 1 saturated heterocycles. The smallest absolute Gasteiger partial charge is 0.0317 e. The quantitative estimate of drug-likeness (QED) is 0.765. The monoisotopic (exact) mass is 233 g/mol. The van der Waals surface area contributed by atoms with E-state index < -0.39 is 0 Å². The van der Waals surface area contributed by atoms with Gasteiger partial charge in [-0.25, -0.2) is 0 Å². The van der Waals surface area contributed by atoms with Crippen LogP contribution in [0.4, 0.5) is 5.69 Å². The molecule has 0 saturated carbocycles. The molecule has 0 unspecified atom stereocenters. The van der Waals surface area contributed by atoms with E-state index >= 15 is 0 Å². The number of aryl methyl sites for hydroxylation is 1. The number of nitrogens with two attached hydrogens (primary N) is 1. The number of nitrogens with one attached hydrogen (secondary N) is 1. The minimum atomic E-state index is 0.570. The molecule has 17 heavy (non-hydrogen) atoms. The summed E-state index contributed by atoms with van der Waals surface area (Å²) in [4.78, 5) is 2.51. The van der Waals surface area contributed by atoms with E-state index in [1.165, 1.54) is 11.1 Å². The highest BCUT2D eigenvalue weighted by molar-refractivity contribution is 5.44. The molecule has 1 fully saturated rings. The number of nitrogens with zero attached hydrogens (tertiary/aromatic N) is 1. The third-order valence-corrected chi connectivity index (χ3v) is 3.40. The van der Waals surface area contributed by atoms with E-state index in [-0.39, 0.29) is 0 Å². The Morgan fingerprint density at radius 1 is 1.29 bits per heavy atom. The fraction of sp³-hybridized carbons (Fsp3) is 0.571. The van der Waals surface area contributed by atoms with Gasteiger partial charge in [-0.3, -0.25) is 4.90 Å². The maximum atomic E-state index is 5.86. The zero-order valence-electron chi connectivity index (χ0n) is 11.0. The van der Waals surface area contributed by atoms with Crippen molar-refractivity contribution in [3.8, 4) is 0 Å². The van der Waals surface area contributed by atoms with Crippen LogP contribution in [0.5, 0.6) is 0 Å². The molecule has 3 heteroatoms. The highest BCUT2D eigenvalue weighted by Gasteiger charge is 2.21. The first kappa shape index (κ1) is 12.4. The Bertz CT molecular complexity index is 379. The second-order valence-electron chi connectivity index (χ2n) is 5.35. The van der Waals surface area contributed by atoms with Crippen LogP contribution in [-0.2, 0) is 6.54 Å². The summed E-state index contributed by atoms with van der Waals surface area (Å²) >= 11 is 0. The van der Waals surface area contributed by atoms with Gasteiger partial charge in [0.05, 0.1) is 0 Å². The van der Waals surface area contributed by atoms with Crippen molar-refractivity contribution >= 4 is 5.69 Å². The Morgan fingerprint density at radius 2 is 1.94 bits per heavy atom. The summed E-state index contributed by atoms with van der Waals surface area (Å²) in [6.45, 7) is 9.87. The number of hydrogen-bond acceptors (Lipinski definition) is 3. The Balaban J connectivity index is 2.07. The number of nitrogen functional groups attached to an aromatic ring is 1. The lowest BCUT2D eigenvalue weighted by atomic mass is 10.1. The minimum Gasteiger partial charge on any atom is -0.399 e. The van der Waals surface area contributed by atoms with Crippen molar-refractivity contribution in [2.24, 2.45) is 0 Å². The van der Waals surface area contributed by atoms with Gasteiger partial charge in [-0.15, -0.1) is 0 Å². The zero-order chi connectivity index (χ0) is 12.4. The first-order valence-corrected chi connectivity index (χ1v) is 6.38. The average Bonchev–Trinajstić information content (AvgIpc) is 2.22. The summed E-state index contributed by atoms with van der Waals surface area (Å²) in [7, 11) is 0. The van der Waals surface area contributed by atoms with Gasteiger partial charge in [-0.2, -0.15) is 0 Å². The van der Waals surface area contributed by atoms with Gasteiger partial charge in [0.2, 0.25) is 0 Å². The number of benzene rings is 1. The molecule has 0 amide bonds. The van der Waals surface area contributed by atoms with Crippen molar-refractivity contribution in [3.05, 3.63) is 29.3 Å². The van der Waals surface area contributed by atoms with Crippen molar-refractivity contribution in [2.75, 3.05) is 18.8 Å². The van der Waals surface area contributed by atoms with E-state index in [2.05, 4.69) is 43.1 Å². The Morgan fingerprint density at radius 3 is 2.59 bits per heavy atom. The van der Waals surface area contributed by atoms with Gasteiger partial charge in [0.25, 0.3) is 0 Å². The Hall–Kier alpha value is -1.06. The normalized spacial score (nSPS) is 26.1. The zero-order valence-corrected chi connectivity index (χ0v) is 11.0. The fourth-order valence-electron chi connectivity index (χ4n) is 2.67. The number of hydrogen-bond donors (Lipinski definition) is 2. The van der Waals surface area contributed by atoms with Crippen LogP contribution in [0.3, 0.4) is 0 Å². The first-order valence-electron chi connectivity index (χ1n) is 6.38. The van der Waals surface area contributed by atoms with E-state index in [1.807, 2.05) is 6.07 Å². The summed E-state index contributed by atoms with van der Waals surface area (Å²) in [6.07, 6.45) is 0. The van der Waals surface area contributed by atoms with Gasteiger partial charge in [0.1, 0.15) is 0 Å². The summed E-state index contributed by atoms with van der Waals surface area (Å²) in [5, 5.41) is 3.55. The lowest BCUT2D eigenvalue weighted by molar-refractivity contribution is 0.166. The van der Waals surface area contributed by atoms with Gasteiger partial charge < -0.3 is 11.1 Å². The molecule has 0 bridgehead atoms. The molecule has 3 N–H and O–H groups in total. The maximum absolute atomic E-state index is 5.86. The van der Waals surface area contributed by atoms with Crippen LogP contribution in [-0.4, -0.2) is 30.1 Å². The molecule has 2 rings (SSSR count). The van der Waals surface area contributed by atoms with Crippen LogP contribution in [0, 0.1) is 6.92 Å². The van der Waals surface area contributed by atoms with Crippen LogP contribution in [0.25, 0.3) is 0 Å². The van der Waals surface area contributed by atoms with Crippen LogP contribution in [0.2, 0.25) is 0 Å². The molecular formula is C14H23N3. The minimum absolute atomic E-state index is 0.570. The molecule has 1 heterocycles. The lowest BCUT2D eigenvalue weighted by Gasteiger charge is -2.36. The van der Waals surface area contributed by atoms with Crippen molar-refractivity contribution in [1.29, 1.82) is 0 Å². The van der Waals surface area contributed by atoms with Crippen molar-refractivity contribution in [1.82, 2.24) is 10.2 Å². The number of rotatable bonds is 2. The van der Waals surface area contributed by atoms with E-state index in [1.54, 1.807) is 0 Å².